The van der Waals surface area contributed by atoms with Gasteiger partial charge in [0.2, 0.25) is 0 Å². The smallest absolute Gasteiger partial charge is 0.131 e. The van der Waals surface area contributed by atoms with Gasteiger partial charge in [0, 0.05) is 44.4 Å². The number of nitrogens with one attached hydrogen (secondary N) is 1. The summed E-state index contributed by atoms with van der Waals surface area (Å²) in [7, 11) is 0. The van der Waals surface area contributed by atoms with E-state index < -0.39 is 0 Å². The van der Waals surface area contributed by atoms with Crippen molar-refractivity contribution in [3.8, 4) is 0 Å². The minimum Gasteiger partial charge on any atom is -0.325 e. The van der Waals surface area contributed by atoms with Crippen molar-refractivity contribution in [1.82, 2.24) is 20.1 Å². The van der Waals surface area contributed by atoms with Gasteiger partial charge in [-0.05, 0) is 25.0 Å². The Hall–Kier alpha value is -1.88. The van der Waals surface area contributed by atoms with Gasteiger partial charge in [-0.2, -0.15) is 5.10 Å². The molecule has 20 heavy (non-hydrogen) atoms. The van der Waals surface area contributed by atoms with Gasteiger partial charge in [0.25, 0.3) is 0 Å². The number of rotatable bonds is 1. The van der Waals surface area contributed by atoms with E-state index in [1.807, 2.05) is 6.20 Å². The van der Waals surface area contributed by atoms with E-state index in [4.69, 9.17) is 0 Å². The summed E-state index contributed by atoms with van der Waals surface area (Å²) in [4.78, 5) is 7.00. The molecule has 0 fully saturated rings. The number of pyridine rings is 1. The molecule has 4 rings (SSSR count). The monoisotopic (exact) mass is 269 g/mol. The molecular weight excluding hydrogens is 250 g/mol. The minimum absolute atomic E-state index is 0.933. The Morgan fingerprint density at radius 1 is 1.25 bits per heavy atom. The Morgan fingerprint density at radius 2 is 2.20 bits per heavy atom. The summed E-state index contributed by atoms with van der Waals surface area (Å²) >= 11 is 0. The lowest BCUT2D eigenvalue weighted by molar-refractivity contribution is 0.538. The molecule has 0 saturated heterocycles. The first-order chi connectivity index (χ1) is 9.81. The second kappa shape index (κ2) is 4.59. The normalized spacial score (nSPS) is 17.8. The van der Waals surface area contributed by atoms with Crippen LogP contribution in [0.3, 0.4) is 0 Å². The van der Waals surface area contributed by atoms with E-state index in [0.29, 0.717) is 0 Å². The number of hydrogen-bond acceptors (Lipinski definition) is 4. The summed E-state index contributed by atoms with van der Waals surface area (Å²) < 4.78 is 2.11. The van der Waals surface area contributed by atoms with Gasteiger partial charge < -0.3 is 10.2 Å². The molecule has 0 amide bonds. The van der Waals surface area contributed by atoms with Crippen LogP contribution < -0.4 is 10.2 Å². The molecule has 0 aliphatic carbocycles. The third kappa shape index (κ3) is 1.89. The zero-order chi connectivity index (χ0) is 13.5. The Labute approximate surface area is 118 Å². The van der Waals surface area contributed by atoms with E-state index in [1.54, 1.807) is 0 Å². The standard InChI is InChI=1S/C15H19N5/c1-11-7-15-19(5-2-6-20(15)18-11)13-8-12-9-16-4-3-14(12)17-10-13/h7-8,10,16H,2-6,9H2,1H3. The van der Waals surface area contributed by atoms with Crippen molar-refractivity contribution in [2.24, 2.45) is 0 Å². The van der Waals surface area contributed by atoms with Crippen molar-refractivity contribution in [2.45, 2.75) is 32.9 Å². The van der Waals surface area contributed by atoms with Crippen molar-refractivity contribution < 1.29 is 0 Å². The van der Waals surface area contributed by atoms with Crippen LogP contribution in [0.15, 0.2) is 18.3 Å². The van der Waals surface area contributed by atoms with Gasteiger partial charge in [0.1, 0.15) is 5.82 Å². The molecule has 0 bridgehead atoms. The zero-order valence-electron chi connectivity index (χ0n) is 11.8. The lowest BCUT2D eigenvalue weighted by Gasteiger charge is -2.30. The van der Waals surface area contributed by atoms with Crippen LogP contribution in [0.1, 0.15) is 23.4 Å². The Balaban J connectivity index is 1.74. The van der Waals surface area contributed by atoms with Gasteiger partial charge in [-0.25, -0.2) is 4.68 Å². The Kier molecular flexibility index (Phi) is 2.73. The molecule has 0 saturated carbocycles. The first-order valence-electron chi connectivity index (χ1n) is 7.32. The molecule has 0 aromatic carbocycles. The third-order valence-corrected chi connectivity index (χ3v) is 4.12. The summed E-state index contributed by atoms with van der Waals surface area (Å²) in [5.74, 6) is 1.19. The highest BCUT2D eigenvalue weighted by molar-refractivity contribution is 5.61. The molecule has 0 unspecified atom stereocenters. The van der Waals surface area contributed by atoms with E-state index in [0.717, 1.165) is 44.7 Å². The summed E-state index contributed by atoms with van der Waals surface area (Å²) in [5.41, 5.74) is 4.85. The van der Waals surface area contributed by atoms with E-state index in [-0.39, 0.29) is 0 Å². The summed E-state index contributed by atoms with van der Waals surface area (Å²) in [6.45, 7) is 6.08. The lowest BCUT2D eigenvalue weighted by atomic mass is 10.1. The van der Waals surface area contributed by atoms with Crippen molar-refractivity contribution in [3.05, 3.63) is 35.3 Å². The fourth-order valence-electron chi connectivity index (χ4n) is 3.15. The number of aromatic nitrogens is 3. The number of fused-ring (bicyclic) bond motifs is 2. The molecule has 0 atom stereocenters. The highest BCUT2D eigenvalue weighted by Crippen LogP contribution is 2.30. The zero-order valence-corrected chi connectivity index (χ0v) is 11.8. The first kappa shape index (κ1) is 11.9. The van der Waals surface area contributed by atoms with Crippen LogP contribution in [0.2, 0.25) is 0 Å². The van der Waals surface area contributed by atoms with Gasteiger partial charge in [0.15, 0.2) is 0 Å². The molecule has 5 nitrogen and oxygen atoms in total. The maximum Gasteiger partial charge on any atom is 0.131 e. The predicted molar refractivity (Wildman–Crippen MR) is 78.2 cm³/mol. The van der Waals surface area contributed by atoms with Crippen LogP contribution in [-0.4, -0.2) is 27.9 Å². The molecule has 2 aromatic heterocycles. The summed E-state index contributed by atoms with van der Waals surface area (Å²) in [5, 5.41) is 7.97. The highest BCUT2D eigenvalue weighted by Gasteiger charge is 2.21. The van der Waals surface area contributed by atoms with Gasteiger partial charge in [-0.15, -0.1) is 0 Å². The van der Waals surface area contributed by atoms with Crippen molar-refractivity contribution in [2.75, 3.05) is 18.0 Å². The summed E-state index contributed by atoms with van der Waals surface area (Å²) in [6.07, 6.45) is 4.18. The number of anilines is 2. The van der Waals surface area contributed by atoms with Gasteiger partial charge in [-0.3, -0.25) is 4.98 Å². The molecule has 2 aromatic rings. The van der Waals surface area contributed by atoms with Crippen LogP contribution >= 0.6 is 0 Å². The fourth-order valence-corrected chi connectivity index (χ4v) is 3.15. The van der Waals surface area contributed by atoms with Crippen molar-refractivity contribution in [1.29, 1.82) is 0 Å². The van der Waals surface area contributed by atoms with Crippen molar-refractivity contribution in [3.63, 3.8) is 0 Å². The third-order valence-electron chi connectivity index (χ3n) is 4.12. The van der Waals surface area contributed by atoms with Crippen LogP contribution in [0.5, 0.6) is 0 Å². The number of hydrogen-bond donors (Lipinski definition) is 1. The largest absolute Gasteiger partial charge is 0.325 e. The molecular formula is C15H19N5. The van der Waals surface area contributed by atoms with E-state index in [9.17, 15) is 0 Å². The number of nitrogens with zero attached hydrogens (tertiary/aromatic N) is 4. The second-order valence-corrected chi connectivity index (χ2v) is 5.60. The quantitative estimate of drug-likeness (QED) is 0.857. The molecule has 2 aliphatic rings. The average Bonchev–Trinajstić information content (AvgIpc) is 2.86. The molecule has 0 spiro atoms. The predicted octanol–water partition coefficient (Wildman–Crippen LogP) is 1.77. The molecule has 104 valence electrons. The molecule has 4 heterocycles. The van der Waals surface area contributed by atoms with E-state index in [2.05, 4.69) is 44.0 Å². The molecule has 5 heteroatoms. The van der Waals surface area contributed by atoms with E-state index in [1.165, 1.54) is 22.8 Å². The van der Waals surface area contributed by atoms with Crippen LogP contribution in [0.4, 0.5) is 11.5 Å². The van der Waals surface area contributed by atoms with Gasteiger partial charge >= 0.3 is 0 Å². The molecule has 1 N–H and O–H groups in total. The topological polar surface area (TPSA) is 46.0 Å². The SMILES string of the molecule is Cc1cc2n(n1)CCCN2c1cnc2c(c1)CNCC2. The molecule has 2 aliphatic heterocycles. The second-order valence-electron chi connectivity index (χ2n) is 5.60. The maximum atomic E-state index is 4.66. The average molecular weight is 269 g/mol. The maximum absolute atomic E-state index is 4.66. The molecule has 0 radical (unpaired) electrons. The Bertz CT molecular complexity index is 646. The lowest BCUT2D eigenvalue weighted by Crippen LogP contribution is -2.29. The highest BCUT2D eigenvalue weighted by atomic mass is 15.4. The van der Waals surface area contributed by atoms with Gasteiger partial charge in [-0.1, -0.05) is 0 Å². The van der Waals surface area contributed by atoms with Crippen molar-refractivity contribution >= 4 is 11.5 Å². The summed E-state index contributed by atoms with van der Waals surface area (Å²) in [6, 6.07) is 4.45. The minimum atomic E-state index is 0.933. The van der Waals surface area contributed by atoms with Crippen LogP contribution in [0.25, 0.3) is 0 Å². The van der Waals surface area contributed by atoms with E-state index >= 15 is 0 Å². The first-order valence-corrected chi connectivity index (χ1v) is 7.32. The van der Waals surface area contributed by atoms with Gasteiger partial charge in [0.05, 0.1) is 17.6 Å². The fraction of sp³-hybridized carbons (Fsp3) is 0.467. The van der Waals surface area contributed by atoms with Crippen LogP contribution in [0, 0.1) is 6.92 Å². The number of aryl methyl sites for hydroxylation is 2. The van der Waals surface area contributed by atoms with Crippen LogP contribution in [-0.2, 0) is 19.5 Å². The Morgan fingerprint density at radius 3 is 3.15 bits per heavy atom.